The van der Waals surface area contributed by atoms with E-state index < -0.39 is 0 Å². The van der Waals surface area contributed by atoms with E-state index in [0.717, 1.165) is 27.3 Å². The highest BCUT2D eigenvalue weighted by molar-refractivity contribution is 14.2. The maximum atomic E-state index is 13.3. The van der Waals surface area contributed by atoms with Gasteiger partial charge in [0.2, 0.25) is 0 Å². The molecule has 0 aliphatic heterocycles. The van der Waals surface area contributed by atoms with E-state index in [9.17, 15) is 4.39 Å². The first-order valence-corrected chi connectivity index (χ1v) is 9.94. The average Bonchev–Trinajstić information content (AvgIpc) is 2.69. The van der Waals surface area contributed by atoms with Crippen LogP contribution in [0.1, 0.15) is 4.88 Å². The molecule has 17 heavy (non-hydrogen) atoms. The molecule has 1 nitrogen and oxygen atoms in total. The topological polar surface area (TPSA) is 9.23 Å². The summed E-state index contributed by atoms with van der Waals surface area (Å²) in [5.74, 6) is 0. The second-order valence-corrected chi connectivity index (χ2v) is 6.55. The van der Waals surface area contributed by atoms with Gasteiger partial charge in [-0.1, -0.05) is 23.7 Å². The van der Waals surface area contributed by atoms with Crippen LogP contribution in [0.4, 0.5) is 4.39 Å². The smallest absolute Gasteiger partial charge is 0.177 e. The zero-order valence-electron chi connectivity index (χ0n) is 8.54. The van der Waals surface area contributed by atoms with Crippen molar-refractivity contribution in [3.63, 3.8) is 0 Å². The van der Waals surface area contributed by atoms with Crippen molar-refractivity contribution in [2.24, 2.45) is 0 Å². The van der Waals surface area contributed by atoms with Gasteiger partial charge in [-0.3, -0.25) is 0 Å². The van der Waals surface area contributed by atoms with Gasteiger partial charge in [-0.2, -0.15) is 4.39 Å². The van der Waals surface area contributed by atoms with Crippen LogP contribution < -0.4 is 0 Å². The van der Waals surface area contributed by atoms with E-state index in [1.54, 1.807) is 18.2 Å². The van der Waals surface area contributed by atoms with Gasteiger partial charge >= 0.3 is 0 Å². The van der Waals surface area contributed by atoms with Gasteiger partial charge in [-0.25, -0.2) is 0 Å². The number of rotatable bonds is 4. The monoisotopic (exact) mass is 400 g/mol. The summed E-state index contributed by atoms with van der Waals surface area (Å²) in [6.07, 6.45) is 0. The number of hydrogen-bond acceptors (Lipinski definition) is 2. The molecule has 2 aromatic rings. The SMILES string of the molecule is Fc1cc(-c2ccc(Cl)cc2)c(COPI)s1. The molecule has 0 bridgehead atoms. The summed E-state index contributed by atoms with van der Waals surface area (Å²) < 4.78 is 18.7. The number of halogens is 3. The molecule has 1 aromatic carbocycles. The molecular weight excluding hydrogens is 393 g/mol. The van der Waals surface area contributed by atoms with E-state index >= 15 is 0 Å². The van der Waals surface area contributed by atoms with Crippen LogP contribution in [0.25, 0.3) is 11.1 Å². The van der Waals surface area contributed by atoms with Crippen molar-refractivity contribution in [3.8, 4) is 11.1 Å². The molecule has 6 heteroatoms. The number of thiophene rings is 1. The van der Waals surface area contributed by atoms with E-state index in [-0.39, 0.29) is 5.13 Å². The summed E-state index contributed by atoms with van der Waals surface area (Å²) in [7, 11) is 0. The highest BCUT2D eigenvalue weighted by atomic mass is 127. The molecule has 0 saturated heterocycles. The first-order chi connectivity index (χ1) is 8.20. The molecule has 0 amide bonds. The second kappa shape index (κ2) is 6.43. The minimum Gasteiger partial charge on any atom is -0.346 e. The zero-order valence-corrected chi connectivity index (χ0v) is 13.3. The molecule has 90 valence electrons. The molecular formula is C11H8ClFIOPS. The van der Waals surface area contributed by atoms with Crippen molar-refractivity contribution in [2.45, 2.75) is 6.61 Å². The van der Waals surface area contributed by atoms with Gasteiger partial charge < -0.3 is 4.52 Å². The van der Waals surface area contributed by atoms with Crippen LogP contribution in [0.2, 0.25) is 5.02 Å². The lowest BCUT2D eigenvalue weighted by atomic mass is 10.1. The number of hydrogen-bond donors (Lipinski definition) is 0. The number of benzene rings is 1. The Balaban J connectivity index is 2.33. The minimum absolute atomic E-state index is 0.189. The standard InChI is InChI=1S/C11H8ClFIOPS/c12-8-3-1-7(2-4-8)9-5-11(13)17-10(9)6-15-16-14/h1-5,16H,6H2. The normalized spacial score (nSPS) is 11.5. The molecule has 1 aromatic heterocycles. The van der Waals surface area contributed by atoms with E-state index in [4.69, 9.17) is 16.1 Å². The maximum Gasteiger partial charge on any atom is 0.177 e. The molecule has 1 atom stereocenters. The van der Waals surface area contributed by atoms with E-state index in [2.05, 4.69) is 22.0 Å². The third-order valence-corrected chi connectivity index (χ3v) is 4.53. The summed E-state index contributed by atoms with van der Waals surface area (Å²) in [6.45, 7) is 0.830. The molecule has 0 aliphatic rings. The Kier molecular flexibility index (Phi) is 5.18. The summed E-state index contributed by atoms with van der Waals surface area (Å²) in [5, 5.41) is 0.487. The highest BCUT2D eigenvalue weighted by Crippen LogP contribution is 2.34. The predicted molar refractivity (Wildman–Crippen MR) is 81.8 cm³/mol. The summed E-state index contributed by atoms with van der Waals surface area (Å²) in [5.41, 5.74) is 1.85. The lowest BCUT2D eigenvalue weighted by Crippen LogP contribution is -1.83. The second-order valence-electron chi connectivity index (χ2n) is 3.26. The van der Waals surface area contributed by atoms with Gasteiger partial charge in [0.25, 0.3) is 0 Å². The van der Waals surface area contributed by atoms with Crippen molar-refractivity contribution in [1.29, 1.82) is 0 Å². The Morgan fingerprint density at radius 1 is 1.35 bits per heavy atom. The molecule has 0 saturated carbocycles. The van der Waals surface area contributed by atoms with Gasteiger partial charge in [0, 0.05) is 15.5 Å². The zero-order chi connectivity index (χ0) is 12.3. The lowest BCUT2D eigenvalue weighted by molar-refractivity contribution is 0.365. The van der Waals surface area contributed by atoms with Gasteiger partial charge in [-0.15, -0.1) is 11.3 Å². The van der Waals surface area contributed by atoms with Crippen LogP contribution in [0.5, 0.6) is 0 Å². The Hall–Kier alpha value is 0.260. The van der Waals surface area contributed by atoms with Crippen LogP contribution in [-0.4, -0.2) is 0 Å². The van der Waals surface area contributed by atoms with E-state index in [0.29, 0.717) is 18.1 Å². The Morgan fingerprint density at radius 2 is 2.06 bits per heavy atom. The summed E-state index contributed by atoms with van der Waals surface area (Å²) >= 11 is 9.11. The fourth-order valence-electron chi connectivity index (χ4n) is 1.47. The molecule has 0 aliphatic carbocycles. The maximum absolute atomic E-state index is 13.3. The fourth-order valence-corrected chi connectivity index (χ4v) is 3.18. The molecule has 0 fully saturated rings. The molecule has 0 N–H and O–H groups in total. The van der Waals surface area contributed by atoms with Gasteiger partial charge in [0.1, 0.15) is 0 Å². The molecule has 1 heterocycles. The van der Waals surface area contributed by atoms with Crippen molar-refractivity contribution in [3.05, 3.63) is 45.4 Å². The first-order valence-electron chi connectivity index (χ1n) is 4.72. The summed E-state index contributed by atoms with van der Waals surface area (Å²) in [6, 6.07) is 8.93. The first kappa shape index (κ1) is 13.7. The van der Waals surface area contributed by atoms with Crippen molar-refractivity contribution >= 4 is 51.4 Å². The quantitative estimate of drug-likeness (QED) is 0.475. The Bertz CT molecular complexity index is 503. The molecule has 0 radical (unpaired) electrons. The third kappa shape index (κ3) is 3.61. The highest BCUT2D eigenvalue weighted by Gasteiger charge is 2.11. The van der Waals surface area contributed by atoms with Gasteiger partial charge in [-0.05, 0) is 45.8 Å². The average molecular weight is 401 g/mol. The van der Waals surface area contributed by atoms with Crippen molar-refractivity contribution in [1.82, 2.24) is 0 Å². The van der Waals surface area contributed by atoms with Crippen LogP contribution in [0.3, 0.4) is 0 Å². The molecule has 0 spiro atoms. The van der Waals surface area contributed by atoms with Crippen LogP contribution in [0.15, 0.2) is 30.3 Å². The van der Waals surface area contributed by atoms with Crippen LogP contribution in [0, 0.1) is 5.13 Å². The Morgan fingerprint density at radius 3 is 2.71 bits per heavy atom. The van der Waals surface area contributed by atoms with Gasteiger partial charge in [0.15, 0.2) is 5.13 Å². The predicted octanol–water partition coefficient (Wildman–Crippen LogP) is 5.67. The lowest BCUT2D eigenvalue weighted by Gasteiger charge is -2.03. The third-order valence-electron chi connectivity index (χ3n) is 2.19. The van der Waals surface area contributed by atoms with Crippen LogP contribution in [-0.2, 0) is 11.1 Å². The Labute approximate surface area is 123 Å². The molecule has 1 unspecified atom stereocenters. The minimum atomic E-state index is -0.189. The van der Waals surface area contributed by atoms with E-state index in [1.165, 1.54) is 0 Å². The summed E-state index contributed by atoms with van der Waals surface area (Å²) in [4.78, 5) is 0.911. The van der Waals surface area contributed by atoms with E-state index in [1.807, 2.05) is 12.1 Å². The molecule has 2 rings (SSSR count). The largest absolute Gasteiger partial charge is 0.346 e. The fraction of sp³-hybridized carbons (Fsp3) is 0.0909. The van der Waals surface area contributed by atoms with Gasteiger partial charge in [0.05, 0.1) is 13.1 Å². The van der Waals surface area contributed by atoms with Crippen molar-refractivity contribution < 1.29 is 8.91 Å². The van der Waals surface area contributed by atoms with Crippen molar-refractivity contribution in [2.75, 3.05) is 0 Å². The van der Waals surface area contributed by atoms with Crippen LogP contribution >= 0.6 is 51.4 Å².